The van der Waals surface area contributed by atoms with E-state index < -0.39 is 5.60 Å². The minimum Gasteiger partial charge on any atom is -0.444 e. The molecule has 3 fully saturated rings. The van der Waals surface area contributed by atoms with Gasteiger partial charge < -0.3 is 25.2 Å². The predicted molar refractivity (Wildman–Crippen MR) is 158 cm³/mol. The maximum absolute atomic E-state index is 12.4. The minimum atomic E-state index is -0.495. The van der Waals surface area contributed by atoms with E-state index in [0.717, 1.165) is 70.1 Å². The summed E-state index contributed by atoms with van der Waals surface area (Å²) < 4.78 is 7.45. The Morgan fingerprint density at radius 3 is 2.32 bits per heavy atom. The van der Waals surface area contributed by atoms with E-state index >= 15 is 0 Å². The van der Waals surface area contributed by atoms with Crippen molar-refractivity contribution in [3.8, 4) is 0 Å². The van der Waals surface area contributed by atoms with Crippen molar-refractivity contribution in [1.29, 1.82) is 0 Å². The third-order valence-corrected chi connectivity index (χ3v) is 9.03. The van der Waals surface area contributed by atoms with E-state index in [1.807, 2.05) is 36.5 Å². The average molecular weight is 587 g/mol. The molecule has 2 aromatic rings. The molecule has 1 aliphatic carbocycles. The molecular weight excluding hydrogens is 544 g/mol. The van der Waals surface area contributed by atoms with Crippen molar-refractivity contribution in [3.63, 3.8) is 0 Å². The number of hydrogen-bond donors (Lipinski definition) is 2. The number of carbonyl (C=O) groups is 2. The summed E-state index contributed by atoms with van der Waals surface area (Å²) in [6.07, 6.45) is 13.3. The van der Waals surface area contributed by atoms with Gasteiger partial charge in [-0.05, 0) is 77.6 Å². The number of piperidine rings is 2. The maximum atomic E-state index is 12.4. The van der Waals surface area contributed by atoms with Crippen LogP contribution < -0.4 is 10.6 Å². The quantitative estimate of drug-likeness (QED) is 0.463. The first-order valence-corrected chi connectivity index (χ1v) is 15.2. The number of halogens is 1. The fourth-order valence-corrected chi connectivity index (χ4v) is 6.41. The molecular formula is C29H43ClN8O3. The van der Waals surface area contributed by atoms with Crippen molar-refractivity contribution in [1.82, 2.24) is 29.5 Å². The highest BCUT2D eigenvalue weighted by Gasteiger charge is 2.38. The first-order chi connectivity index (χ1) is 19.5. The van der Waals surface area contributed by atoms with Gasteiger partial charge in [0.05, 0.1) is 24.1 Å². The number of nitrogens with one attached hydrogen (secondary N) is 2. The summed E-state index contributed by atoms with van der Waals surface area (Å²) in [4.78, 5) is 36.9. The molecule has 2 aliphatic heterocycles. The van der Waals surface area contributed by atoms with E-state index in [1.54, 1.807) is 24.2 Å². The van der Waals surface area contributed by atoms with E-state index in [4.69, 9.17) is 16.3 Å². The first kappa shape index (κ1) is 29.4. The van der Waals surface area contributed by atoms with Crippen LogP contribution in [0, 0.1) is 5.41 Å². The van der Waals surface area contributed by atoms with Crippen LogP contribution in [0.5, 0.6) is 0 Å². The largest absolute Gasteiger partial charge is 0.444 e. The summed E-state index contributed by atoms with van der Waals surface area (Å²) in [7, 11) is 0. The van der Waals surface area contributed by atoms with Gasteiger partial charge in [-0.1, -0.05) is 11.6 Å². The molecule has 5 rings (SSSR count). The maximum Gasteiger partial charge on any atom is 0.410 e. The Morgan fingerprint density at radius 1 is 1.00 bits per heavy atom. The second-order valence-corrected chi connectivity index (χ2v) is 13.3. The number of carbonyl (C=O) groups excluding carboxylic acids is 2. The monoisotopic (exact) mass is 586 g/mol. The smallest absolute Gasteiger partial charge is 0.410 e. The molecule has 0 aromatic carbocycles. The van der Waals surface area contributed by atoms with Gasteiger partial charge in [-0.2, -0.15) is 10.1 Å². The third kappa shape index (κ3) is 7.42. The SMILES string of the molecule is CC(=O)N1CCC2(CCC(Nc3nc(Nc4cnn(C5CCN(C(=O)OC(C)(C)C)CC5)c4)ncc3Cl)CC2)CC1. The van der Waals surface area contributed by atoms with E-state index in [1.165, 1.54) is 0 Å². The lowest BCUT2D eigenvalue weighted by Gasteiger charge is -2.46. The van der Waals surface area contributed by atoms with Gasteiger partial charge in [0.15, 0.2) is 5.82 Å². The molecule has 0 unspecified atom stereocenters. The Kier molecular flexibility index (Phi) is 8.63. The molecule has 0 atom stereocenters. The molecule has 2 N–H and O–H groups in total. The first-order valence-electron chi connectivity index (χ1n) is 14.8. The van der Waals surface area contributed by atoms with Crippen LogP contribution in [0.2, 0.25) is 5.02 Å². The summed E-state index contributed by atoms with van der Waals surface area (Å²) in [5, 5.41) is 11.9. The summed E-state index contributed by atoms with van der Waals surface area (Å²) in [6.45, 7) is 10.3. The molecule has 1 saturated carbocycles. The van der Waals surface area contributed by atoms with Crippen molar-refractivity contribution >= 4 is 41.1 Å². The summed E-state index contributed by atoms with van der Waals surface area (Å²) >= 11 is 6.48. The molecule has 224 valence electrons. The summed E-state index contributed by atoms with van der Waals surface area (Å²) in [6, 6.07) is 0.512. The van der Waals surface area contributed by atoms with Gasteiger partial charge in [0, 0.05) is 45.3 Å². The van der Waals surface area contributed by atoms with E-state index in [9.17, 15) is 9.59 Å². The van der Waals surface area contributed by atoms with Gasteiger partial charge >= 0.3 is 6.09 Å². The van der Waals surface area contributed by atoms with Gasteiger partial charge in [-0.25, -0.2) is 9.78 Å². The van der Waals surface area contributed by atoms with Crippen molar-refractivity contribution in [2.75, 3.05) is 36.8 Å². The zero-order chi connectivity index (χ0) is 29.2. The summed E-state index contributed by atoms with van der Waals surface area (Å²) in [5.41, 5.74) is 0.660. The highest BCUT2D eigenvalue weighted by atomic mass is 35.5. The Balaban J connectivity index is 1.12. The van der Waals surface area contributed by atoms with Crippen molar-refractivity contribution in [2.45, 2.75) is 96.7 Å². The molecule has 11 nitrogen and oxygen atoms in total. The second kappa shape index (κ2) is 12.0. The molecule has 2 amide bonds. The Hall–Kier alpha value is -3.08. The average Bonchev–Trinajstić information content (AvgIpc) is 3.40. The Bertz CT molecular complexity index is 1220. The molecule has 41 heavy (non-hydrogen) atoms. The minimum absolute atomic E-state index is 0.186. The number of nitrogens with zero attached hydrogens (tertiary/aromatic N) is 6. The zero-order valence-electron chi connectivity index (χ0n) is 24.7. The van der Waals surface area contributed by atoms with Crippen molar-refractivity contribution in [2.24, 2.45) is 5.41 Å². The molecule has 2 saturated heterocycles. The molecule has 0 radical (unpaired) electrons. The molecule has 2 aromatic heterocycles. The molecule has 4 heterocycles. The Labute approximate surface area is 247 Å². The van der Waals surface area contributed by atoms with Gasteiger partial charge in [0.25, 0.3) is 0 Å². The van der Waals surface area contributed by atoms with E-state index in [0.29, 0.717) is 41.3 Å². The number of amides is 2. The van der Waals surface area contributed by atoms with E-state index in [-0.39, 0.29) is 18.0 Å². The van der Waals surface area contributed by atoms with Gasteiger partial charge in [-0.15, -0.1) is 0 Å². The van der Waals surface area contributed by atoms with Crippen molar-refractivity contribution in [3.05, 3.63) is 23.6 Å². The van der Waals surface area contributed by atoms with Crippen LogP contribution >= 0.6 is 11.6 Å². The standard InChI is InChI=1S/C29H43ClN8O3/c1-20(39)36-15-11-29(12-16-36)9-5-21(6-10-29)33-25-24(30)18-31-26(35-25)34-22-17-32-38(19-22)23-7-13-37(14-8-23)27(40)41-28(2,3)4/h17-19,21,23H,5-16H2,1-4H3,(H2,31,33,34,35). The highest BCUT2D eigenvalue weighted by molar-refractivity contribution is 6.32. The van der Waals surface area contributed by atoms with Crippen LogP contribution in [0.15, 0.2) is 18.6 Å². The van der Waals surface area contributed by atoms with Gasteiger partial charge in [-0.3, -0.25) is 9.48 Å². The lowest BCUT2D eigenvalue weighted by Crippen LogP contribution is -2.45. The second-order valence-electron chi connectivity index (χ2n) is 12.8. The number of anilines is 3. The summed E-state index contributed by atoms with van der Waals surface area (Å²) in [5.74, 6) is 1.28. The van der Waals surface area contributed by atoms with Gasteiger partial charge in [0.2, 0.25) is 11.9 Å². The molecule has 12 heteroatoms. The topological polar surface area (TPSA) is 118 Å². The number of aromatic nitrogens is 4. The normalized spacial score (nSPS) is 20.2. The molecule has 0 bridgehead atoms. The van der Waals surface area contributed by atoms with Crippen LogP contribution in [0.3, 0.4) is 0 Å². The van der Waals surface area contributed by atoms with Crippen LogP contribution in [0.1, 0.15) is 85.1 Å². The molecule has 1 spiro atoms. The lowest BCUT2D eigenvalue weighted by atomic mass is 9.67. The third-order valence-electron chi connectivity index (χ3n) is 8.75. The van der Waals surface area contributed by atoms with Crippen LogP contribution in [-0.4, -0.2) is 79.4 Å². The number of rotatable bonds is 5. The predicted octanol–water partition coefficient (Wildman–Crippen LogP) is 5.63. The number of likely N-dealkylation sites (tertiary alicyclic amines) is 2. The van der Waals surface area contributed by atoms with E-state index in [2.05, 4.69) is 25.7 Å². The van der Waals surface area contributed by atoms with Crippen molar-refractivity contribution < 1.29 is 14.3 Å². The van der Waals surface area contributed by atoms with Crippen LogP contribution in [0.25, 0.3) is 0 Å². The number of ether oxygens (including phenoxy) is 1. The van der Waals surface area contributed by atoms with Gasteiger partial charge in [0.1, 0.15) is 10.6 Å². The Morgan fingerprint density at radius 2 is 1.68 bits per heavy atom. The zero-order valence-corrected chi connectivity index (χ0v) is 25.4. The highest BCUT2D eigenvalue weighted by Crippen LogP contribution is 2.45. The molecule has 3 aliphatic rings. The lowest BCUT2D eigenvalue weighted by molar-refractivity contribution is -0.131. The number of hydrogen-bond acceptors (Lipinski definition) is 8. The van der Waals surface area contributed by atoms with Crippen LogP contribution in [-0.2, 0) is 9.53 Å². The fourth-order valence-electron chi connectivity index (χ4n) is 6.26. The van der Waals surface area contributed by atoms with Crippen LogP contribution in [0.4, 0.5) is 22.2 Å². The fraction of sp³-hybridized carbons (Fsp3) is 0.690.